The van der Waals surface area contributed by atoms with Gasteiger partial charge in [0.05, 0.1) is 24.7 Å². The molecule has 1 aromatic heterocycles. The molecule has 38 heavy (non-hydrogen) atoms. The van der Waals surface area contributed by atoms with Gasteiger partial charge in [0, 0.05) is 48.9 Å². The van der Waals surface area contributed by atoms with Crippen LogP contribution in [0.25, 0.3) is 10.9 Å². The zero-order valence-corrected chi connectivity index (χ0v) is 23.2. The first-order valence-corrected chi connectivity index (χ1v) is 14.1. The lowest BCUT2D eigenvalue weighted by Gasteiger charge is -2.33. The van der Waals surface area contributed by atoms with E-state index in [9.17, 15) is 18.0 Å². The van der Waals surface area contributed by atoms with E-state index < -0.39 is 25.2 Å². The lowest BCUT2D eigenvalue weighted by Crippen LogP contribution is -2.43. The Bertz CT molecular complexity index is 1320. The van der Waals surface area contributed by atoms with Gasteiger partial charge >= 0.3 is 0 Å². The number of ether oxygens (including phenoxy) is 1. The van der Waals surface area contributed by atoms with E-state index in [1.807, 2.05) is 36.0 Å². The van der Waals surface area contributed by atoms with Gasteiger partial charge in [-0.05, 0) is 39.4 Å². The Labute approximate surface area is 222 Å². The van der Waals surface area contributed by atoms with Crippen LogP contribution in [0.1, 0.15) is 23.9 Å². The van der Waals surface area contributed by atoms with E-state index in [0.29, 0.717) is 43.7 Å². The molecule has 1 aliphatic heterocycles. The second kappa shape index (κ2) is 11.4. The van der Waals surface area contributed by atoms with Gasteiger partial charge < -0.3 is 19.9 Å². The molecule has 2 aromatic carbocycles. The lowest BCUT2D eigenvalue weighted by molar-refractivity contribution is -0.131. The monoisotopic (exact) mass is 547 g/mol. The van der Waals surface area contributed by atoms with Crippen LogP contribution < -0.4 is 15.4 Å². The summed E-state index contributed by atoms with van der Waals surface area (Å²) in [5, 5.41) is 4.95. The number of rotatable bonds is 8. The number of hydrogen-bond acceptors (Lipinski definition) is 6. The van der Waals surface area contributed by atoms with Gasteiger partial charge in [0.15, 0.2) is 0 Å². The number of carbonyl (C=O) groups excluding carboxylic acids is 1. The number of carbonyl (C=O) groups is 1. The molecule has 0 aliphatic carbocycles. The summed E-state index contributed by atoms with van der Waals surface area (Å²) in [6, 6.07) is 7.92. The van der Waals surface area contributed by atoms with Crippen molar-refractivity contribution >= 4 is 35.9 Å². The van der Waals surface area contributed by atoms with E-state index in [2.05, 4.69) is 15.3 Å². The molecule has 1 amide bonds. The second-order valence-electron chi connectivity index (χ2n) is 9.79. The van der Waals surface area contributed by atoms with Crippen molar-refractivity contribution in [2.24, 2.45) is 0 Å². The Morgan fingerprint density at radius 3 is 2.55 bits per heavy atom. The third-order valence-corrected chi connectivity index (χ3v) is 9.04. The predicted octanol–water partition coefficient (Wildman–Crippen LogP) is 4.32. The predicted molar refractivity (Wildman–Crippen MR) is 146 cm³/mol. The first-order chi connectivity index (χ1) is 18.0. The highest BCUT2D eigenvalue weighted by Crippen LogP contribution is 2.42. The zero-order valence-electron chi connectivity index (χ0n) is 22.3. The standard InChI is InChI=1S/C27H33F3N5O2P/c1-17-32-21-14-22(37-5)23(38-11-9-35(10-12-38)24(36)16-34(3)4)13-19(21)26(33-17)31-15-18-7-6-8-20(25(18)28)27(2,29)30/h6-8,13-14H,9-12,15-16H2,1-5H3,(H,31,32,33). The largest absolute Gasteiger partial charge is 0.496 e. The topological polar surface area (TPSA) is 70.6 Å². The zero-order chi connectivity index (χ0) is 27.6. The highest BCUT2D eigenvalue weighted by Gasteiger charge is 2.29. The molecule has 0 unspecified atom stereocenters. The van der Waals surface area contributed by atoms with Crippen molar-refractivity contribution in [1.82, 2.24) is 19.8 Å². The summed E-state index contributed by atoms with van der Waals surface area (Å²) in [4.78, 5) is 25.4. The summed E-state index contributed by atoms with van der Waals surface area (Å²) < 4.78 is 48.2. The van der Waals surface area contributed by atoms with Gasteiger partial charge in [0.25, 0.3) is 5.92 Å². The summed E-state index contributed by atoms with van der Waals surface area (Å²) >= 11 is 0. The molecule has 1 saturated heterocycles. The van der Waals surface area contributed by atoms with Gasteiger partial charge in [-0.25, -0.2) is 23.1 Å². The fourth-order valence-corrected chi connectivity index (χ4v) is 7.06. The molecule has 4 rings (SSSR count). The molecule has 0 radical (unpaired) electrons. The number of anilines is 1. The molecular formula is C27H33F3N5O2P. The van der Waals surface area contributed by atoms with E-state index in [0.717, 1.165) is 34.8 Å². The quantitative estimate of drug-likeness (QED) is 0.424. The van der Waals surface area contributed by atoms with Crippen molar-refractivity contribution in [2.45, 2.75) is 26.3 Å². The molecule has 1 aliphatic rings. The molecule has 1 N–H and O–H groups in total. The highest BCUT2D eigenvalue weighted by atomic mass is 31.1. The van der Waals surface area contributed by atoms with Crippen molar-refractivity contribution in [3.05, 3.63) is 53.1 Å². The molecule has 11 heteroatoms. The van der Waals surface area contributed by atoms with Crippen molar-refractivity contribution in [3.8, 4) is 5.75 Å². The average Bonchev–Trinajstić information content (AvgIpc) is 2.86. The number of nitrogens with one attached hydrogen (secondary N) is 1. The Hall–Kier alpha value is -2.97. The second-order valence-corrected chi connectivity index (χ2v) is 12.2. The average molecular weight is 548 g/mol. The third kappa shape index (κ3) is 6.18. The number of hydrogen-bond donors (Lipinski definition) is 1. The fraction of sp³-hybridized carbons (Fsp3) is 0.444. The molecule has 2 heterocycles. The Balaban J connectivity index is 1.62. The van der Waals surface area contributed by atoms with Crippen LogP contribution in [-0.2, 0) is 17.3 Å². The van der Waals surface area contributed by atoms with Gasteiger partial charge in [-0.3, -0.25) is 4.79 Å². The van der Waals surface area contributed by atoms with Crippen molar-refractivity contribution in [2.75, 3.05) is 58.5 Å². The Morgan fingerprint density at radius 2 is 1.92 bits per heavy atom. The van der Waals surface area contributed by atoms with Crippen LogP contribution in [0.2, 0.25) is 0 Å². The Kier molecular flexibility index (Phi) is 8.43. The minimum absolute atomic E-state index is 0.0135. The van der Waals surface area contributed by atoms with E-state index in [1.165, 1.54) is 12.1 Å². The number of nitrogens with zero attached hydrogens (tertiary/aromatic N) is 4. The summed E-state index contributed by atoms with van der Waals surface area (Å²) in [5.74, 6) is -2.32. The third-order valence-electron chi connectivity index (χ3n) is 6.53. The van der Waals surface area contributed by atoms with Gasteiger partial charge in [-0.2, -0.15) is 0 Å². The van der Waals surface area contributed by atoms with E-state index in [-0.39, 0.29) is 18.0 Å². The van der Waals surface area contributed by atoms with Crippen molar-refractivity contribution in [3.63, 3.8) is 0 Å². The number of aromatic nitrogens is 2. The van der Waals surface area contributed by atoms with Gasteiger partial charge in [-0.15, -0.1) is 0 Å². The number of amides is 1. The molecule has 204 valence electrons. The molecular weight excluding hydrogens is 514 g/mol. The normalized spacial score (nSPS) is 14.8. The number of fused-ring (bicyclic) bond motifs is 1. The lowest BCUT2D eigenvalue weighted by atomic mass is 10.0. The molecule has 1 fully saturated rings. The summed E-state index contributed by atoms with van der Waals surface area (Å²) in [6.07, 6.45) is 1.71. The van der Waals surface area contributed by atoms with Crippen LogP contribution in [0.4, 0.5) is 19.0 Å². The number of likely N-dealkylation sites (N-methyl/N-ethyl adjacent to an activating group) is 1. The van der Waals surface area contributed by atoms with Gasteiger partial charge in [-0.1, -0.05) is 26.1 Å². The van der Waals surface area contributed by atoms with Crippen LogP contribution in [0.15, 0.2) is 30.3 Å². The molecule has 0 spiro atoms. The van der Waals surface area contributed by atoms with Gasteiger partial charge in [0.2, 0.25) is 5.91 Å². The number of halogens is 3. The molecule has 0 atom stereocenters. The van der Waals surface area contributed by atoms with Crippen LogP contribution in [0, 0.1) is 12.7 Å². The first kappa shape index (κ1) is 28.0. The number of methoxy groups -OCH3 is 1. The molecule has 0 bridgehead atoms. The van der Waals surface area contributed by atoms with Crippen molar-refractivity contribution < 1.29 is 22.7 Å². The minimum atomic E-state index is -3.28. The van der Waals surface area contributed by atoms with Crippen LogP contribution in [0.3, 0.4) is 0 Å². The maximum absolute atomic E-state index is 14.8. The Morgan fingerprint density at radius 1 is 1.21 bits per heavy atom. The molecule has 7 nitrogen and oxygen atoms in total. The summed E-state index contributed by atoms with van der Waals surface area (Å²) in [5.41, 5.74) is 0.164. The smallest absolute Gasteiger partial charge is 0.273 e. The number of aryl methyl sites for hydroxylation is 1. The number of alkyl halides is 2. The van der Waals surface area contributed by atoms with Crippen LogP contribution >= 0.6 is 7.92 Å². The van der Waals surface area contributed by atoms with Crippen molar-refractivity contribution in [1.29, 1.82) is 0 Å². The summed E-state index contributed by atoms with van der Waals surface area (Å²) in [7, 11) is 4.80. The maximum atomic E-state index is 14.8. The van der Waals surface area contributed by atoms with E-state index in [1.54, 1.807) is 14.0 Å². The number of benzene rings is 2. The molecule has 0 saturated carbocycles. The van der Waals surface area contributed by atoms with E-state index in [4.69, 9.17) is 4.74 Å². The highest BCUT2D eigenvalue weighted by molar-refractivity contribution is 7.66. The first-order valence-electron chi connectivity index (χ1n) is 12.4. The maximum Gasteiger partial charge on any atom is 0.273 e. The fourth-order valence-electron chi connectivity index (χ4n) is 4.61. The summed E-state index contributed by atoms with van der Waals surface area (Å²) in [6.45, 7) is 4.19. The minimum Gasteiger partial charge on any atom is -0.496 e. The van der Waals surface area contributed by atoms with Crippen LogP contribution in [0.5, 0.6) is 5.75 Å². The van der Waals surface area contributed by atoms with Gasteiger partial charge in [0.1, 0.15) is 23.2 Å². The van der Waals surface area contributed by atoms with Crippen LogP contribution in [-0.4, -0.2) is 78.8 Å². The van der Waals surface area contributed by atoms with E-state index >= 15 is 0 Å². The molecule has 3 aromatic rings. The SMILES string of the molecule is COc1cc2nc(C)nc(NCc3cccc(C(C)(F)F)c3F)c2cc1P1CCN(C(=O)CN(C)C)CC1.